The lowest BCUT2D eigenvalue weighted by Gasteiger charge is -2.02. The molecular weight excluding hydrogens is 325 g/mol. The van der Waals surface area contributed by atoms with Crippen molar-refractivity contribution in [2.45, 2.75) is 19.3 Å². The minimum Gasteiger partial charge on any atom is -0.381 e. The van der Waals surface area contributed by atoms with E-state index >= 15 is 0 Å². The Balaban J connectivity index is 1.37. The molecule has 3 rings (SSSR count). The first-order valence-electron chi connectivity index (χ1n) is 8.04. The number of ether oxygens (including phenoxy) is 1. The Bertz CT molecular complexity index is 815. The molecule has 3 aromatic rings. The van der Waals surface area contributed by atoms with Crippen LogP contribution in [0.4, 0.5) is 4.39 Å². The van der Waals surface area contributed by atoms with Crippen molar-refractivity contribution in [2.75, 3.05) is 13.2 Å². The number of aromatic nitrogens is 3. The summed E-state index contributed by atoms with van der Waals surface area (Å²) in [6.07, 6.45) is 4.56. The van der Waals surface area contributed by atoms with Gasteiger partial charge in [0.05, 0.1) is 18.5 Å². The number of hydrogen-bond donors (Lipinski definition) is 1. The highest BCUT2D eigenvalue weighted by molar-refractivity contribution is 5.93. The standard InChI is InChI=1S/C18H18FN3O3/c19-14-5-2-1-4-13(14)16-12-20-18(21-16)8-10-24-9-3-6-17(23)15-7-11-25-22-15/h1-2,4-5,7,11-12H,3,6,8-10H2,(H,20,21). The summed E-state index contributed by atoms with van der Waals surface area (Å²) in [5.41, 5.74) is 1.48. The van der Waals surface area contributed by atoms with E-state index in [0.717, 1.165) is 5.82 Å². The van der Waals surface area contributed by atoms with E-state index in [1.807, 2.05) is 0 Å². The molecule has 0 amide bonds. The molecule has 0 bridgehead atoms. The number of imidazole rings is 1. The highest BCUT2D eigenvalue weighted by Crippen LogP contribution is 2.20. The normalized spacial score (nSPS) is 10.9. The highest BCUT2D eigenvalue weighted by atomic mass is 19.1. The highest BCUT2D eigenvalue weighted by Gasteiger charge is 2.09. The van der Waals surface area contributed by atoms with Crippen molar-refractivity contribution >= 4 is 5.78 Å². The van der Waals surface area contributed by atoms with Gasteiger partial charge in [0.1, 0.15) is 23.6 Å². The monoisotopic (exact) mass is 343 g/mol. The van der Waals surface area contributed by atoms with E-state index in [9.17, 15) is 9.18 Å². The molecule has 0 saturated carbocycles. The van der Waals surface area contributed by atoms with Crippen molar-refractivity contribution in [1.82, 2.24) is 15.1 Å². The maximum atomic E-state index is 13.7. The second-order valence-electron chi connectivity index (χ2n) is 5.50. The molecule has 2 aromatic heterocycles. The van der Waals surface area contributed by atoms with Crippen LogP contribution < -0.4 is 0 Å². The number of halogens is 1. The number of H-pyrrole nitrogens is 1. The molecule has 1 aromatic carbocycles. The molecule has 0 aliphatic heterocycles. The first-order valence-corrected chi connectivity index (χ1v) is 8.04. The lowest BCUT2D eigenvalue weighted by Crippen LogP contribution is -2.05. The Labute approximate surface area is 144 Å². The van der Waals surface area contributed by atoms with Gasteiger partial charge in [0.25, 0.3) is 0 Å². The quantitative estimate of drug-likeness (QED) is 0.475. The molecule has 130 valence electrons. The molecule has 0 fully saturated rings. The molecule has 0 aliphatic carbocycles. The molecule has 0 unspecified atom stereocenters. The zero-order valence-corrected chi connectivity index (χ0v) is 13.6. The maximum absolute atomic E-state index is 13.7. The summed E-state index contributed by atoms with van der Waals surface area (Å²) >= 11 is 0. The average Bonchev–Trinajstić information content (AvgIpc) is 3.30. The third kappa shape index (κ3) is 4.60. The van der Waals surface area contributed by atoms with Gasteiger partial charge in [0, 0.05) is 31.1 Å². The summed E-state index contributed by atoms with van der Waals surface area (Å²) in [7, 11) is 0. The van der Waals surface area contributed by atoms with Gasteiger partial charge in [-0.25, -0.2) is 9.37 Å². The lowest BCUT2D eigenvalue weighted by atomic mass is 10.1. The maximum Gasteiger partial charge on any atom is 0.184 e. The van der Waals surface area contributed by atoms with Gasteiger partial charge >= 0.3 is 0 Å². The topological polar surface area (TPSA) is 81.0 Å². The largest absolute Gasteiger partial charge is 0.381 e. The number of hydrogen-bond acceptors (Lipinski definition) is 5. The first kappa shape index (κ1) is 17.0. The third-order valence-electron chi connectivity index (χ3n) is 3.69. The van der Waals surface area contributed by atoms with Crippen LogP contribution in [0, 0.1) is 5.82 Å². The number of carbonyl (C=O) groups is 1. The van der Waals surface area contributed by atoms with E-state index < -0.39 is 0 Å². The van der Waals surface area contributed by atoms with Crippen molar-refractivity contribution in [1.29, 1.82) is 0 Å². The van der Waals surface area contributed by atoms with Crippen LogP contribution in [0.1, 0.15) is 29.2 Å². The van der Waals surface area contributed by atoms with E-state index in [0.29, 0.717) is 49.4 Å². The molecule has 1 N–H and O–H groups in total. The molecule has 7 heteroatoms. The van der Waals surface area contributed by atoms with Crippen LogP contribution in [-0.2, 0) is 11.2 Å². The number of ketones is 1. The number of aromatic amines is 1. The van der Waals surface area contributed by atoms with Crippen molar-refractivity contribution in [2.24, 2.45) is 0 Å². The number of carbonyl (C=O) groups excluding carboxylic acids is 1. The summed E-state index contributed by atoms with van der Waals surface area (Å²) in [5, 5.41) is 3.60. The predicted octanol–water partition coefficient (Wildman–Crippen LogP) is 3.43. The van der Waals surface area contributed by atoms with E-state index in [1.165, 1.54) is 12.3 Å². The molecule has 0 spiro atoms. The van der Waals surface area contributed by atoms with Crippen LogP contribution in [0.5, 0.6) is 0 Å². The Morgan fingerprint density at radius 1 is 1.24 bits per heavy atom. The van der Waals surface area contributed by atoms with Crippen molar-refractivity contribution in [3.05, 3.63) is 60.1 Å². The Hall–Kier alpha value is -2.80. The van der Waals surface area contributed by atoms with Crippen molar-refractivity contribution in [3.63, 3.8) is 0 Å². The minimum atomic E-state index is -0.286. The summed E-state index contributed by atoms with van der Waals surface area (Å²) in [5.74, 6) is 0.389. The van der Waals surface area contributed by atoms with Crippen LogP contribution in [0.15, 0.2) is 47.3 Å². The van der Waals surface area contributed by atoms with E-state index in [1.54, 1.807) is 30.5 Å². The second-order valence-corrected chi connectivity index (χ2v) is 5.50. The summed E-state index contributed by atoms with van der Waals surface area (Å²) in [6.45, 7) is 0.951. The lowest BCUT2D eigenvalue weighted by molar-refractivity contribution is 0.0931. The summed E-state index contributed by atoms with van der Waals surface area (Å²) < 4.78 is 23.9. The van der Waals surface area contributed by atoms with Crippen LogP contribution in [-0.4, -0.2) is 34.1 Å². The fourth-order valence-electron chi connectivity index (χ4n) is 2.40. The van der Waals surface area contributed by atoms with Gasteiger partial charge in [0.2, 0.25) is 0 Å². The van der Waals surface area contributed by atoms with Crippen LogP contribution in [0.2, 0.25) is 0 Å². The minimum absolute atomic E-state index is 0.0575. The van der Waals surface area contributed by atoms with Gasteiger partial charge in [0.15, 0.2) is 5.78 Å². The fourth-order valence-corrected chi connectivity index (χ4v) is 2.40. The van der Waals surface area contributed by atoms with Crippen molar-refractivity contribution < 1.29 is 18.4 Å². The van der Waals surface area contributed by atoms with E-state index in [4.69, 9.17) is 4.74 Å². The molecule has 0 radical (unpaired) electrons. The molecule has 6 nitrogen and oxygen atoms in total. The molecule has 2 heterocycles. The molecule has 0 saturated heterocycles. The SMILES string of the molecule is O=C(CCCOCCc1ncc(-c2ccccc2F)[nH]1)c1ccon1. The zero-order chi connectivity index (χ0) is 17.5. The number of nitrogens with one attached hydrogen (secondary N) is 1. The Kier molecular flexibility index (Phi) is 5.69. The smallest absolute Gasteiger partial charge is 0.184 e. The Morgan fingerprint density at radius 2 is 2.12 bits per heavy atom. The van der Waals surface area contributed by atoms with Crippen LogP contribution in [0.3, 0.4) is 0 Å². The third-order valence-corrected chi connectivity index (χ3v) is 3.69. The van der Waals surface area contributed by atoms with Crippen LogP contribution in [0.25, 0.3) is 11.3 Å². The summed E-state index contributed by atoms with van der Waals surface area (Å²) in [6, 6.07) is 8.10. The molecule has 0 aliphatic rings. The fraction of sp³-hybridized carbons (Fsp3) is 0.278. The van der Waals surface area contributed by atoms with E-state index in [2.05, 4.69) is 19.6 Å². The van der Waals surface area contributed by atoms with Gasteiger partial charge in [-0.15, -0.1) is 0 Å². The number of nitrogens with zero attached hydrogens (tertiary/aromatic N) is 2. The first-order chi connectivity index (χ1) is 12.2. The van der Waals surface area contributed by atoms with Crippen LogP contribution >= 0.6 is 0 Å². The molecule has 0 atom stereocenters. The number of Topliss-reactive ketones (excluding diaryl/α,β-unsaturated/α-hetero) is 1. The number of rotatable bonds is 9. The van der Waals surface area contributed by atoms with Gasteiger partial charge in [-0.1, -0.05) is 17.3 Å². The molecule has 25 heavy (non-hydrogen) atoms. The molecular formula is C18H18FN3O3. The van der Waals surface area contributed by atoms with Gasteiger partial charge in [-0.2, -0.15) is 0 Å². The average molecular weight is 343 g/mol. The predicted molar refractivity (Wildman–Crippen MR) is 88.6 cm³/mol. The van der Waals surface area contributed by atoms with E-state index in [-0.39, 0.29) is 11.6 Å². The van der Waals surface area contributed by atoms with Gasteiger partial charge < -0.3 is 14.2 Å². The zero-order valence-electron chi connectivity index (χ0n) is 13.6. The summed E-state index contributed by atoms with van der Waals surface area (Å²) in [4.78, 5) is 19.0. The van der Waals surface area contributed by atoms with Gasteiger partial charge in [-0.05, 0) is 18.6 Å². The second kappa shape index (κ2) is 8.34. The Morgan fingerprint density at radius 3 is 2.92 bits per heavy atom. The van der Waals surface area contributed by atoms with Gasteiger partial charge in [-0.3, -0.25) is 4.79 Å². The van der Waals surface area contributed by atoms with Crippen molar-refractivity contribution in [3.8, 4) is 11.3 Å². The number of benzene rings is 1.